The van der Waals surface area contributed by atoms with Crippen molar-refractivity contribution >= 4 is 10.9 Å². The lowest BCUT2D eigenvalue weighted by molar-refractivity contribution is 0.105. The van der Waals surface area contributed by atoms with E-state index in [1.807, 2.05) is 31.2 Å². The third kappa shape index (κ3) is 3.10. The van der Waals surface area contributed by atoms with Gasteiger partial charge in [-0.05, 0) is 56.6 Å². The third-order valence-corrected chi connectivity index (χ3v) is 8.25. The van der Waals surface area contributed by atoms with Gasteiger partial charge in [-0.25, -0.2) is 9.83 Å². The molecule has 3 aliphatic rings. The molecule has 0 amide bonds. The highest BCUT2D eigenvalue weighted by atomic mass is 16.5. The van der Waals surface area contributed by atoms with E-state index in [0.29, 0.717) is 23.8 Å². The van der Waals surface area contributed by atoms with Gasteiger partial charge in [-0.2, -0.15) is 4.98 Å². The highest BCUT2D eigenvalue weighted by Gasteiger charge is 2.50. The Kier molecular flexibility index (Phi) is 4.84. The van der Waals surface area contributed by atoms with Crippen molar-refractivity contribution in [2.45, 2.75) is 63.9 Å². The fourth-order valence-corrected chi connectivity index (χ4v) is 6.12. The number of aliphatic hydroxyl groups is 1. The second-order valence-corrected chi connectivity index (χ2v) is 10.2. The smallest absolute Gasteiger partial charge is 0.220 e. The first-order chi connectivity index (χ1) is 16.5. The van der Waals surface area contributed by atoms with Crippen molar-refractivity contribution in [1.82, 2.24) is 15.0 Å². The zero-order valence-electron chi connectivity index (χ0n) is 19.6. The summed E-state index contributed by atoms with van der Waals surface area (Å²) in [6.07, 6.45) is 7.54. The maximum atomic E-state index is 10.7. The van der Waals surface area contributed by atoms with Crippen LogP contribution in [0, 0.1) is 18.4 Å². The third-order valence-electron chi connectivity index (χ3n) is 8.25. The van der Waals surface area contributed by atoms with Crippen LogP contribution in [0.15, 0.2) is 48.0 Å². The van der Waals surface area contributed by atoms with Crippen molar-refractivity contribution in [2.75, 3.05) is 0 Å². The van der Waals surface area contributed by atoms with E-state index in [4.69, 9.17) is 21.3 Å². The molecule has 0 radical (unpaired) electrons. The molecule has 2 heterocycles. The molecule has 1 aromatic carbocycles. The first-order valence-corrected chi connectivity index (χ1v) is 12.2. The van der Waals surface area contributed by atoms with Gasteiger partial charge in [-0.3, -0.25) is 4.98 Å². The highest BCUT2D eigenvalue weighted by molar-refractivity contribution is 5.92. The maximum Gasteiger partial charge on any atom is 0.220 e. The minimum Gasteiger partial charge on any atom is -0.523 e. The highest BCUT2D eigenvalue weighted by Crippen LogP contribution is 2.54. The number of ether oxygens (including phenoxy) is 1. The van der Waals surface area contributed by atoms with Gasteiger partial charge < -0.3 is 9.84 Å². The van der Waals surface area contributed by atoms with Gasteiger partial charge in [-0.1, -0.05) is 32.0 Å². The molecule has 34 heavy (non-hydrogen) atoms. The van der Waals surface area contributed by atoms with Gasteiger partial charge in [-0.15, -0.1) is 0 Å². The standard InChI is InChI=1S/C28H28N4O2/c1-16-21-12-11-20-25(28(21,2)15-23(29-3)24(16)33)31-26(32-27(20)34-17-7-6-8-17)19-13-14-30-22-10-5-4-9-18(19)22/h4-5,9-10,13-14,16-17,21,33H,6-8,11-12,15H2,1-2H3/t16-,21-,28-/m1/s1. The van der Waals surface area contributed by atoms with Gasteiger partial charge in [0.25, 0.3) is 0 Å². The van der Waals surface area contributed by atoms with E-state index in [2.05, 4.69) is 22.8 Å². The van der Waals surface area contributed by atoms with Crippen LogP contribution in [0.3, 0.4) is 0 Å². The molecule has 2 aromatic heterocycles. The summed E-state index contributed by atoms with van der Waals surface area (Å²) in [4.78, 5) is 18.4. The van der Waals surface area contributed by atoms with E-state index in [1.54, 1.807) is 6.20 Å². The molecule has 172 valence electrons. The first-order valence-electron chi connectivity index (χ1n) is 12.2. The van der Waals surface area contributed by atoms with Crippen LogP contribution < -0.4 is 4.74 Å². The van der Waals surface area contributed by atoms with E-state index >= 15 is 0 Å². The Labute approximate surface area is 199 Å². The molecule has 0 saturated heterocycles. The second kappa shape index (κ2) is 7.80. The van der Waals surface area contributed by atoms with Crippen LogP contribution in [0.4, 0.5) is 0 Å². The Morgan fingerprint density at radius 3 is 2.74 bits per heavy atom. The predicted octanol–water partition coefficient (Wildman–Crippen LogP) is 6.17. The average Bonchev–Trinajstić information content (AvgIpc) is 2.83. The number of fused-ring (bicyclic) bond motifs is 4. The molecule has 0 unspecified atom stereocenters. The van der Waals surface area contributed by atoms with E-state index in [1.165, 1.54) is 6.42 Å². The Balaban J connectivity index is 1.57. The fraction of sp³-hybridized carbons (Fsp3) is 0.429. The molecule has 1 fully saturated rings. The molecule has 0 aliphatic heterocycles. The Bertz CT molecular complexity index is 1370. The number of allylic oxidation sites excluding steroid dienone is 2. The van der Waals surface area contributed by atoms with E-state index in [0.717, 1.165) is 53.4 Å². The molecular weight excluding hydrogens is 424 g/mol. The van der Waals surface area contributed by atoms with Crippen LogP contribution in [-0.2, 0) is 11.8 Å². The first kappa shape index (κ1) is 21.1. The zero-order chi connectivity index (χ0) is 23.4. The molecule has 3 atom stereocenters. The summed E-state index contributed by atoms with van der Waals surface area (Å²) in [7, 11) is 0. The second-order valence-electron chi connectivity index (χ2n) is 10.2. The van der Waals surface area contributed by atoms with Crippen molar-refractivity contribution in [2.24, 2.45) is 11.8 Å². The Hall–Kier alpha value is -3.46. The van der Waals surface area contributed by atoms with E-state index in [-0.39, 0.29) is 29.1 Å². The molecule has 6 nitrogen and oxygen atoms in total. The van der Waals surface area contributed by atoms with Gasteiger partial charge >= 0.3 is 0 Å². The van der Waals surface area contributed by atoms with Crippen molar-refractivity contribution in [1.29, 1.82) is 0 Å². The Morgan fingerprint density at radius 2 is 1.97 bits per heavy atom. The minimum absolute atomic E-state index is 0.0767. The van der Waals surface area contributed by atoms with Gasteiger partial charge in [0.1, 0.15) is 6.10 Å². The van der Waals surface area contributed by atoms with Gasteiger partial charge in [0.2, 0.25) is 11.6 Å². The number of hydrogen-bond acceptors (Lipinski definition) is 5. The van der Waals surface area contributed by atoms with Crippen molar-refractivity contribution in [3.63, 3.8) is 0 Å². The normalized spacial score (nSPS) is 26.4. The fourth-order valence-electron chi connectivity index (χ4n) is 6.12. The monoisotopic (exact) mass is 452 g/mol. The van der Waals surface area contributed by atoms with Crippen LogP contribution >= 0.6 is 0 Å². The topological polar surface area (TPSA) is 72.5 Å². The van der Waals surface area contributed by atoms with Crippen LogP contribution in [0.2, 0.25) is 0 Å². The van der Waals surface area contributed by atoms with Crippen LogP contribution in [0.25, 0.3) is 27.1 Å². The summed E-state index contributed by atoms with van der Waals surface area (Å²) in [5.41, 5.74) is 3.98. The average molecular weight is 453 g/mol. The molecule has 3 aromatic rings. The van der Waals surface area contributed by atoms with Gasteiger partial charge in [0.05, 0.1) is 23.5 Å². The lowest BCUT2D eigenvalue weighted by Crippen LogP contribution is -2.45. The molecule has 1 N–H and O–H groups in total. The number of benzene rings is 1. The molecule has 6 rings (SSSR count). The number of aliphatic hydroxyl groups excluding tert-OH is 1. The zero-order valence-corrected chi connectivity index (χ0v) is 19.6. The molecule has 0 bridgehead atoms. The summed E-state index contributed by atoms with van der Waals surface area (Å²) < 4.78 is 6.46. The number of aromatic nitrogens is 3. The van der Waals surface area contributed by atoms with Crippen LogP contribution in [-0.4, -0.2) is 26.2 Å². The summed E-state index contributed by atoms with van der Waals surface area (Å²) in [6.45, 7) is 11.9. The number of nitrogens with zero attached hydrogens (tertiary/aromatic N) is 4. The van der Waals surface area contributed by atoms with Crippen LogP contribution in [0.5, 0.6) is 5.88 Å². The lowest BCUT2D eigenvalue weighted by atomic mass is 9.57. The number of para-hydroxylation sites is 1. The summed E-state index contributed by atoms with van der Waals surface area (Å²) >= 11 is 0. The van der Waals surface area contributed by atoms with Crippen molar-refractivity contribution < 1.29 is 9.84 Å². The minimum atomic E-state index is -0.364. The van der Waals surface area contributed by atoms with Crippen molar-refractivity contribution in [3.8, 4) is 17.3 Å². The van der Waals surface area contributed by atoms with Gasteiger partial charge in [0.15, 0.2) is 5.82 Å². The Morgan fingerprint density at radius 1 is 1.15 bits per heavy atom. The van der Waals surface area contributed by atoms with Gasteiger partial charge in [0, 0.05) is 34.0 Å². The SMILES string of the molecule is [C-]#[N+]C1=C(O)[C@H](C)[C@H]2CCc3c(OC4CCC4)nc(-c4ccnc5ccccc45)nc3[C@]2(C)C1. The van der Waals surface area contributed by atoms with Crippen LogP contribution in [0.1, 0.15) is 57.2 Å². The summed E-state index contributed by atoms with van der Waals surface area (Å²) in [5, 5.41) is 11.7. The molecule has 1 saturated carbocycles. The quantitative estimate of drug-likeness (QED) is 0.481. The maximum absolute atomic E-state index is 10.7. The number of rotatable bonds is 3. The van der Waals surface area contributed by atoms with Crippen molar-refractivity contribution in [3.05, 3.63) is 70.7 Å². The molecule has 0 spiro atoms. The number of pyridine rings is 1. The molecule has 3 aliphatic carbocycles. The lowest BCUT2D eigenvalue weighted by Gasteiger charge is -2.48. The largest absolute Gasteiger partial charge is 0.523 e. The summed E-state index contributed by atoms with van der Waals surface area (Å²) in [6, 6.07) is 10.0. The van der Waals surface area contributed by atoms with E-state index in [9.17, 15) is 5.11 Å². The summed E-state index contributed by atoms with van der Waals surface area (Å²) in [5.74, 6) is 1.72. The van der Waals surface area contributed by atoms with E-state index < -0.39 is 0 Å². The molecule has 6 heteroatoms. The molecular formula is C28H28N4O2. The number of hydrogen-bond donors (Lipinski definition) is 1. The predicted molar refractivity (Wildman–Crippen MR) is 130 cm³/mol.